The lowest BCUT2D eigenvalue weighted by Gasteiger charge is -2.39. The number of amidine groups is 1. The predicted octanol–water partition coefficient (Wildman–Crippen LogP) is 2.87. The molecule has 2 rings (SSSR count). The Bertz CT molecular complexity index is 870. The van der Waals surface area contributed by atoms with Gasteiger partial charge in [0.05, 0.1) is 37.9 Å². The van der Waals surface area contributed by atoms with Gasteiger partial charge in [-0.2, -0.15) is 0 Å². The second-order valence-corrected chi connectivity index (χ2v) is 10.2. The Hall–Kier alpha value is -1.85. The van der Waals surface area contributed by atoms with Crippen LogP contribution in [0.5, 0.6) is 0 Å². The number of ether oxygens (including phenoxy) is 2. The summed E-state index contributed by atoms with van der Waals surface area (Å²) in [4.78, 5) is 32.1. The Balaban J connectivity index is 1.97. The molecule has 2 heterocycles. The van der Waals surface area contributed by atoms with Crippen LogP contribution < -0.4 is 5.73 Å². The molecule has 1 fully saturated rings. The molecule has 13 heteroatoms. The molecular formula is C18H28N3O8PS. The number of rotatable bonds is 9. The molecule has 2 N–H and O–H groups in total. The fraction of sp³-hybridized carbons (Fsp3) is 0.667. The molecule has 2 atom stereocenters. The topological polar surface area (TPSA) is 149 Å². The van der Waals surface area contributed by atoms with E-state index in [0.717, 1.165) is 11.3 Å². The summed E-state index contributed by atoms with van der Waals surface area (Å²) in [7, 11) is -2.79. The van der Waals surface area contributed by atoms with Gasteiger partial charge in [0.15, 0.2) is 0 Å². The van der Waals surface area contributed by atoms with Gasteiger partial charge in [0.25, 0.3) is 0 Å². The number of hydrogen-bond acceptors (Lipinski definition) is 11. The number of carbonyl (C=O) groups excluding carboxylic acids is 2. The first-order valence-corrected chi connectivity index (χ1v) is 11.9. The minimum atomic E-state index is -4.07. The van der Waals surface area contributed by atoms with E-state index in [4.69, 9.17) is 24.0 Å². The largest absolute Gasteiger partial charge is 0.478 e. The lowest BCUT2D eigenvalue weighted by molar-refractivity contribution is -0.140. The number of esters is 2. The van der Waals surface area contributed by atoms with E-state index in [-0.39, 0.29) is 31.3 Å². The van der Waals surface area contributed by atoms with Gasteiger partial charge >= 0.3 is 19.8 Å². The first kappa shape index (κ1) is 25.4. The molecule has 0 bridgehead atoms. The number of phosphoric ester groups is 1. The highest BCUT2D eigenvalue weighted by molar-refractivity contribution is 7.48. The molecule has 0 radical (unpaired) electrons. The SMILES string of the molecule is COC(=O)CCN=C(N)[C@@H]1O[P@@](=O)(OCOC(=O)c2scnc2C(C)C)OCC1(C)C. The average Bonchev–Trinajstić information content (AvgIpc) is 3.20. The summed E-state index contributed by atoms with van der Waals surface area (Å²) in [6.45, 7) is 6.85. The number of aliphatic imine (C=N–C) groups is 1. The summed E-state index contributed by atoms with van der Waals surface area (Å²) < 4.78 is 38.4. The average molecular weight is 477 g/mol. The van der Waals surface area contributed by atoms with Crippen LogP contribution >= 0.6 is 19.2 Å². The van der Waals surface area contributed by atoms with Crippen LogP contribution in [-0.4, -0.2) is 55.9 Å². The van der Waals surface area contributed by atoms with Gasteiger partial charge < -0.3 is 15.2 Å². The lowest BCUT2D eigenvalue weighted by atomic mass is 9.87. The Kier molecular flexibility index (Phi) is 8.73. The molecule has 31 heavy (non-hydrogen) atoms. The zero-order chi connectivity index (χ0) is 23.2. The van der Waals surface area contributed by atoms with E-state index in [1.807, 2.05) is 13.8 Å². The van der Waals surface area contributed by atoms with Gasteiger partial charge in [-0.05, 0) is 5.92 Å². The number of carbonyl (C=O) groups is 2. The summed E-state index contributed by atoms with van der Waals surface area (Å²) in [6.07, 6.45) is -0.851. The highest BCUT2D eigenvalue weighted by atomic mass is 32.1. The molecule has 0 aliphatic carbocycles. The zero-order valence-corrected chi connectivity index (χ0v) is 19.9. The van der Waals surface area contributed by atoms with Crippen molar-refractivity contribution in [1.82, 2.24) is 4.98 Å². The quantitative estimate of drug-likeness (QED) is 0.185. The van der Waals surface area contributed by atoms with Gasteiger partial charge in [0, 0.05) is 5.41 Å². The van der Waals surface area contributed by atoms with Crippen LogP contribution in [-0.2, 0) is 32.4 Å². The van der Waals surface area contributed by atoms with Crippen molar-refractivity contribution in [3.63, 3.8) is 0 Å². The third-order valence-corrected chi connectivity index (χ3v) is 6.53. The van der Waals surface area contributed by atoms with E-state index in [9.17, 15) is 14.2 Å². The van der Waals surface area contributed by atoms with Crippen molar-refractivity contribution in [2.24, 2.45) is 16.1 Å². The Morgan fingerprint density at radius 3 is 2.81 bits per heavy atom. The van der Waals surface area contributed by atoms with Gasteiger partial charge in [-0.1, -0.05) is 27.7 Å². The second kappa shape index (κ2) is 10.6. The maximum Gasteiger partial charge on any atom is 0.478 e. The Labute approximate surface area is 184 Å². The highest BCUT2D eigenvalue weighted by Gasteiger charge is 2.47. The van der Waals surface area contributed by atoms with Crippen LogP contribution in [0.25, 0.3) is 0 Å². The fourth-order valence-corrected chi connectivity index (χ4v) is 4.99. The van der Waals surface area contributed by atoms with E-state index >= 15 is 0 Å². The van der Waals surface area contributed by atoms with E-state index < -0.39 is 38.1 Å². The van der Waals surface area contributed by atoms with Crippen molar-refractivity contribution in [3.05, 3.63) is 16.1 Å². The highest BCUT2D eigenvalue weighted by Crippen LogP contribution is 2.57. The summed E-state index contributed by atoms with van der Waals surface area (Å²) in [5.41, 5.74) is 7.51. The van der Waals surface area contributed by atoms with Crippen LogP contribution in [0.15, 0.2) is 10.5 Å². The number of aromatic nitrogens is 1. The predicted molar refractivity (Wildman–Crippen MR) is 113 cm³/mol. The molecule has 0 spiro atoms. The van der Waals surface area contributed by atoms with E-state index in [1.54, 1.807) is 19.4 Å². The van der Waals surface area contributed by atoms with Gasteiger partial charge in [-0.25, -0.2) is 18.9 Å². The number of methoxy groups -OCH3 is 1. The van der Waals surface area contributed by atoms with Crippen molar-refractivity contribution in [2.45, 2.75) is 46.1 Å². The van der Waals surface area contributed by atoms with Crippen LogP contribution in [0.1, 0.15) is 55.4 Å². The molecule has 1 aromatic rings. The maximum atomic E-state index is 12.9. The Morgan fingerprint density at radius 2 is 2.16 bits per heavy atom. The van der Waals surface area contributed by atoms with Crippen molar-refractivity contribution in [2.75, 3.05) is 27.1 Å². The maximum absolute atomic E-state index is 12.9. The van der Waals surface area contributed by atoms with Gasteiger partial charge in [0.1, 0.15) is 16.8 Å². The van der Waals surface area contributed by atoms with E-state index in [0.29, 0.717) is 10.6 Å². The summed E-state index contributed by atoms with van der Waals surface area (Å²) in [5.74, 6) is -0.983. The molecule has 174 valence electrons. The summed E-state index contributed by atoms with van der Waals surface area (Å²) in [6, 6.07) is 0. The lowest BCUT2D eigenvalue weighted by Crippen LogP contribution is -2.48. The monoisotopic (exact) mass is 477 g/mol. The number of hydrogen-bond donors (Lipinski definition) is 1. The third-order valence-electron chi connectivity index (χ3n) is 4.37. The van der Waals surface area contributed by atoms with Crippen molar-refractivity contribution < 1.29 is 37.2 Å². The molecule has 0 saturated carbocycles. The minimum Gasteiger partial charge on any atom is -0.469 e. The number of phosphoric acid groups is 1. The molecule has 0 aromatic carbocycles. The molecular weight excluding hydrogens is 449 g/mol. The molecule has 1 aliphatic rings. The standard InChI is InChI=1S/C18H28N3O8PS/c1-11(2)13-14(31-9-21-13)17(23)26-10-28-30(24)27-8-18(3,4)15(29-30)16(19)20-7-6-12(22)25-5/h9,11,15H,6-8,10H2,1-5H3,(H2,19,20)/t15-,30+/m0/s1. The van der Waals surface area contributed by atoms with Crippen molar-refractivity contribution in [1.29, 1.82) is 0 Å². The van der Waals surface area contributed by atoms with Gasteiger partial charge in [0.2, 0.25) is 6.79 Å². The first-order valence-electron chi connectivity index (χ1n) is 9.53. The molecule has 1 saturated heterocycles. The summed E-state index contributed by atoms with van der Waals surface area (Å²) >= 11 is 1.15. The Morgan fingerprint density at radius 1 is 1.45 bits per heavy atom. The molecule has 0 unspecified atom stereocenters. The number of nitrogens with two attached hydrogens (primary N) is 1. The van der Waals surface area contributed by atoms with Crippen LogP contribution in [0.2, 0.25) is 0 Å². The molecule has 0 amide bonds. The smallest absolute Gasteiger partial charge is 0.469 e. The number of thiazole rings is 1. The first-order chi connectivity index (χ1) is 14.5. The van der Waals surface area contributed by atoms with E-state index in [2.05, 4.69) is 14.7 Å². The van der Waals surface area contributed by atoms with Crippen LogP contribution in [0.3, 0.4) is 0 Å². The fourth-order valence-electron chi connectivity index (χ4n) is 2.64. The van der Waals surface area contributed by atoms with Crippen molar-refractivity contribution >= 4 is 36.9 Å². The number of nitrogens with zero attached hydrogens (tertiary/aromatic N) is 2. The molecule has 11 nitrogen and oxygen atoms in total. The van der Waals surface area contributed by atoms with Crippen LogP contribution in [0.4, 0.5) is 0 Å². The summed E-state index contributed by atoms with van der Waals surface area (Å²) in [5, 5.41) is 0. The second-order valence-electron chi connectivity index (χ2n) is 7.73. The van der Waals surface area contributed by atoms with Gasteiger partial charge in [-0.15, -0.1) is 11.3 Å². The zero-order valence-electron chi connectivity index (χ0n) is 18.2. The normalized spacial score (nSPS) is 23.5. The van der Waals surface area contributed by atoms with Gasteiger partial charge in [-0.3, -0.25) is 18.8 Å². The van der Waals surface area contributed by atoms with Crippen molar-refractivity contribution in [3.8, 4) is 0 Å². The third kappa shape index (κ3) is 6.81. The molecule has 1 aromatic heterocycles. The minimum absolute atomic E-state index is 0.00244. The van der Waals surface area contributed by atoms with E-state index in [1.165, 1.54) is 7.11 Å². The van der Waals surface area contributed by atoms with Crippen LogP contribution in [0, 0.1) is 5.41 Å². The molecule has 1 aliphatic heterocycles.